The van der Waals surface area contributed by atoms with E-state index < -0.39 is 6.10 Å². The average molecular weight is 524 g/mol. The van der Waals surface area contributed by atoms with E-state index in [-0.39, 0.29) is 36.4 Å². The van der Waals surface area contributed by atoms with E-state index in [4.69, 9.17) is 0 Å². The van der Waals surface area contributed by atoms with Crippen molar-refractivity contribution in [2.24, 2.45) is 4.99 Å². The maximum atomic E-state index is 12.1. The van der Waals surface area contributed by atoms with Crippen molar-refractivity contribution in [3.63, 3.8) is 0 Å². The maximum Gasteiger partial charge on any atom is 0.253 e. The Morgan fingerprint density at radius 3 is 2.47 bits per heavy atom. The summed E-state index contributed by atoms with van der Waals surface area (Å²) in [4.78, 5) is 18.2. The molecule has 1 amide bonds. The molecule has 0 radical (unpaired) electrons. The summed E-state index contributed by atoms with van der Waals surface area (Å²) >= 11 is 0. The molecule has 0 heterocycles. The minimum atomic E-state index is -0.639. The van der Waals surface area contributed by atoms with E-state index in [0.717, 1.165) is 29.7 Å². The van der Waals surface area contributed by atoms with E-state index in [1.165, 1.54) is 0 Å². The van der Waals surface area contributed by atoms with Crippen molar-refractivity contribution in [2.45, 2.75) is 26.4 Å². The maximum absolute atomic E-state index is 12.1. The highest BCUT2D eigenvalue weighted by molar-refractivity contribution is 14.0. The van der Waals surface area contributed by atoms with Crippen molar-refractivity contribution in [1.29, 1.82) is 0 Å². The van der Waals surface area contributed by atoms with Gasteiger partial charge in [0, 0.05) is 32.7 Å². The lowest BCUT2D eigenvalue weighted by atomic mass is 10.1. The van der Waals surface area contributed by atoms with Gasteiger partial charge in [-0.1, -0.05) is 42.0 Å². The minimum Gasteiger partial charge on any atom is -0.386 e. The van der Waals surface area contributed by atoms with Crippen LogP contribution in [0.3, 0.4) is 0 Å². The first-order valence-corrected chi connectivity index (χ1v) is 9.98. The van der Waals surface area contributed by atoms with Crippen LogP contribution >= 0.6 is 24.0 Å². The Kier molecular flexibility index (Phi) is 11.4. The van der Waals surface area contributed by atoms with Gasteiger partial charge in [-0.2, -0.15) is 0 Å². The summed E-state index contributed by atoms with van der Waals surface area (Å²) in [7, 11) is 3.50. The summed E-state index contributed by atoms with van der Waals surface area (Å²) in [6.07, 6.45) is 0.124. The molecule has 0 aliphatic rings. The van der Waals surface area contributed by atoms with Gasteiger partial charge in [0.05, 0.1) is 12.6 Å². The Balaban J connectivity index is 0.00000450. The lowest BCUT2D eigenvalue weighted by Gasteiger charge is -2.14. The lowest BCUT2D eigenvalue weighted by Crippen LogP contribution is -2.38. The van der Waals surface area contributed by atoms with Crippen LogP contribution in [0.5, 0.6) is 0 Å². The first kappa shape index (κ1) is 25.9. The normalized spacial score (nSPS) is 12.0. The number of aliphatic imine (C=N–C) groups is 1. The van der Waals surface area contributed by atoms with Crippen molar-refractivity contribution < 1.29 is 9.90 Å². The molecule has 1 unspecified atom stereocenters. The third kappa shape index (κ3) is 8.31. The van der Waals surface area contributed by atoms with Gasteiger partial charge in [0.25, 0.3) is 5.91 Å². The second-order valence-corrected chi connectivity index (χ2v) is 7.22. The largest absolute Gasteiger partial charge is 0.386 e. The second kappa shape index (κ2) is 13.2. The molecule has 2 aromatic rings. The van der Waals surface area contributed by atoms with Crippen LogP contribution in [0.1, 0.15) is 40.1 Å². The van der Waals surface area contributed by atoms with Gasteiger partial charge in [-0.05, 0) is 43.5 Å². The number of aliphatic hydroxyl groups excluding tert-OH is 1. The van der Waals surface area contributed by atoms with Crippen LogP contribution in [0, 0.1) is 6.92 Å². The number of rotatable bonds is 8. The van der Waals surface area contributed by atoms with E-state index in [1.54, 1.807) is 19.0 Å². The number of aryl methyl sites for hydroxylation is 1. The smallest absolute Gasteiger partial charge is 0.253 e. The number of amides is 1. The standard InChI is InChI=1S/C23H32N4O2.HI/c1-5-24-23(26-16-21(28)19-11-9-17(2)10-12-19)25-14-13-18-7-6-8-20(15-18)22(29)27(3)4;/h6-12,15,21,28H,5,13-14,16H2,1-4H3,(H2,24,25,26);1H. The van der Waals surface area contributed by atoms with Crippen molar-refractivity contribution in [2.75, 3.05) is 33.7 Å². The molecular formula is C23H33IN4O2. The third-order valence-electron chi connectivity index (χ3n) is 4.51. The monoisotopic (exact) mass is 524 g/mol. The average Bonchev–Trinajstić information content (AvgIpc) is 2.72. The summed E-state index contributed by atoms with van der Waals surface area (Å²) in [5, 5.41) is 16.8. The van der Waals surface area contributed by atoms with E-state index >= 15 is 0 Å². The number of aliphatic hydroxyl groups is 1. The molecule has 0 saturated heterocycles. The van der Waals surface area contributed by atoms with Crippen LogP contribution in [0.2, 0.25) is 0 Å². The number of nitrogens with zero attached hydrogens (tertiary/aromatic N) is 2. The number of halogens is 1. The molecule has 30 heavy (non-hydrogen) atoms. The van der Waals surface area contributed by atoms with Gasteiger partial charge >= 0.3 is 0 Å². The van der Waals surface area contributed by atoms with Gasteiger partial charge in [0.2, 0.25) is 0 Å². The van der Waals surface area contributed by atoms with Crippen LogP contribution in [0.25, 0.3) is 0 Å². The number of hydrogen-bond donors (Lipinski definition) is 3. The molecule has 3 N–H and O–H groups in total. The lowest BCUT2D eigenvalue weighted by molar-refractivity contribution is 0.0827. The molecular weight excluding hydrogens is 491 g/mol. The summed E-state index contributed by atoms with van der Waals surface area (Å²) in [5.74, 6) is 0.666. The molecule has 0 fully saturated rings. The first-order chi connectivity index (χ1) is 13.9. The molecule has 7 heteroatoms. The Labute approximate surface area is 196 Å². The van der Waals surface area contributed by atoms with Gasteiger partial charge in [0.1, 0.15) is 0 Å². The highest BCUT2D eigenvalue weighted by Crippen LogP contribution is 2.13. The fourth-order valence-electron chi connectivity index (χ4n) is 2.86. The molecule has 0 bridgehead atoms. The summed E-state index contributed by atoms with van der Waals surface area (Å²) < 4.78 is 0. The molecule has 2 rings (SSSR count). The van der Waals surface area contributed by atoms with Crippen LogP contribution < -0.4 is 10.6 Å². The Morgan fingerprint density at radius 1 is 1.13 bits per heavy atom. The molecule has 0 aliphatic heterocycles. The highest BCUT2D eigenvalue weighted by atomic mass is 127. The van der Waals surface area contributed by atoms with Crippen molar-refractivity contribution in [3.05, 3.63) is 70.8 Å². The number of carbonyl (C=O) groups is 1. The summed E-state index contributed by atoms with van der Waals surface area (Å²) in [6.45, 7) is 5.72. The zero-order valence-electron chi connectivity index (χ0n) is 18.2. The molecule has 0 aliphatic carbocycles. The van der Waals surface area contributed by atoms with E-state index in [1.807, 2.05) is 62.4 Å². The summed E-state index contributed by atoms with van der Waals surface area (Å²) in [6, 6.07) is 15.5. The first-order valence-electron chi connectivity index (χ1n) is 9.98. The van der Waals surface area contributed by atoms with E-state index in [0.29, 0.717) is 18.1 Å². The van der Waals surface area contributed by atoms with Crippen LogP contribution in [0.4, 0.5) is 0 Å². The fourth-order valence-corrected chi connectivity index (χ4v) is 2.86. The van der Waals surface area contributed by atoms with Crippen LogP contribution in [0.15, 0.2) is 53.5 Å². The zero-order chi connectivity index (χ0) is 21.2. The number of carbonyl (C=O) groups excluding carboxylic acids is 1. The molecule has 2 aromatic carbocycles. The Hall–Kier alpha value is -2.13. The Bertz CT molecular complexity index is 822. The molecule has 0 aromatic heterocycles. The highest BCUT2D eigenvalue weighted by Gasteiger charge is 2.09. The van der Waals surface area contributed by atoms with Gasteiger partial charge < -0.3 is 20.6 Å². The van der Waals surface area contributed by atoms with Gasteiger partial charge in [0.15, 0.2) is 5.96 Å². The third-order valence-corrected chi connectivity index (χ3v) is 4.51. The topological polar surface area (TPSA) is 77.0 Å². The number of hydrogen-bond acceptors (Lipinski definition) is 3. The molecule has 6 nitrogen and oxygen atoms in total. The van der Waals surface area contributed by atoms with Crippen LogP contribution in [-0.2, 0) is 6.42 Å². The van der Waals surface area contributed by atoms with Crippen molar-refractivity contribution >= 4 is 35.8 Å². The zero-order valence-corrected chi connectivity index (χ0v) is 20.5. The van der Waals surface area contributed by atoms with E-state index in [9.17, 15) is 9.90 Å². The van der Waals surface area contributed by atoms with Gasteiger partial charge in [-0.25, -0.2) is 0 Å². The molecule has 164 valence electrons. The Morgan fingerprint density at radius 2 is 1.83 bits per heavy atom. The van der Waals surface area contributed by atoms with Crippen LogP contribution in [-0.4, -0.2) is 55.6 Å². The minimum absolute atomic E-state index is 0. The summed E-state index contributed by atoms with van der Waals surface area (Å²) in [5.41, 5.74) is 3.79. The molecule has 1 atom stereocenters. The van der Waals surface area contributed by atoms with Gasteiger partial charge in [-0.3, -0.25) is 9.79 Å². The molecule has 0 spiro atoms. The number of nitrogens with one attached hydrogen (secondary N) is 2. The number of benzene rings is 2. The van der Waals surface area contributed by atoms with Gasteiger partial charge in [-0.15, -0.1) is 24.0 Å². The predicted octanol–water partition coefficient (Wildman–Crippen LogP) is 3.15. The second-order valence-electron chi connectivity index (χ2n) is 7.22. The van der Waals surface area contributed by atoms with E-state index in [2.05, 4.69) is 15.6 Å². The van der Waals surface area contributed by atoms with Crippen molar-refractivity contribution in [1.82, 2.24) is 15.5 Å². The quantitative estimate of drug-likeness (QED) is 0.282. The molecule has 0 saturated carbocycles. The predicted molar refractivity (Wildman–Crippen MR) is 134 cm³/mol. The number of guanidine groups is 1. The van der Waals surface area contributed by atoms with Crippen molar-refractivity contribution in [3.8, 4) is 0 Å². The fraction of sp³-hybridized carbons (Fsp3) is 0.391. The SMILES string of the molecule is CCNC(=NCC(O)c1ccc(C)cc1)NCCc1cccc(C(=O)N(C)C)c1.I.